The van der Waals surface area contributed by atoms with Crippen LogP contribution in [0.5, 0.6) is 5.75 Å². The zero-order valence-electron chi connectivity index (χ0n) is 9.94. The molecule has 1 aromatic heterocycles. The van der Waals surface area contributed by atoms with Gasteiger partial charge in [-0.25, -0.2) is 4.79 Å². The van der Waals surface area contributed by atoms with E-state index >= 15 is 0 Å². The smallest absolute Gasteiger partial charge is 0.349 e. The van der Waals surface area contributed by atoms with E-state index in [1.165, 1.54) is 11.3 Å². The summed E-state index contributed by atoms with van der Waals surface area (Å²) in [5.74, 6) is -0.594. The van der Waals surface area contributed by atoms with Gasteiger partial charge < -0.3 is 9.84 Å². The highest BCUT2D eigenvalue weighted by atomic mass is 79.9. The molecule has 0 aliphatic carbocycles. The molecule has 1 N–H and O–H groups in total. The maximum absolute atomic E-state index is 11.1. The summed E-state index contributed by atoms with van der Waals surface area (Å²) < 4.78 is 6.44. The Labute approximate surface area is 127 Å². The second kappa shape index (κ2) is 5.94. The molecule has 19 heavy (non-hydrogen) atoms. The summed E-state index contributed by atoms with van der Waals surface area (Å²) in [6.45, 7) is 2.08. The fourth-order valence-corrected chi connectivity index (χ4v) is 3.06. The van der Waals surface area contributed by atoms with Gasteiger partial charge in [-0.3, -0.25) is 0 Å². The highest BCUT2D eigenvalue weighted by Crippen LogP contribution is 2.30. The molecule has 0 aliphatic heterocycles. The van der Waals surface area contributed by atoms with Crippen LogP contribution in [0.25, 0.3) is 0 Å². The van der Waals surface area contributed by atoms with Crippen LogP contribution < -0.4 is 4.74 Å². The molecule has 100 valence electrons. The third kappa shape index (κ3) is 3.49. The molecule has 1 heterocycles. The van der Waals surface area contributed by atoms with Crippen LogP contribution in [0.15, 0.2) is 28.7 Å². The van der Waals surface area contributed by atoms with Gasteiger partial charge >= 0.3 is 5.97 Å². The van der Waals surface area contributed by atoms with Gasteiger partial charge in [-0.2, -0.15) is 0 Å². The van der Waals surface area contributed by atoms with Gasteiger partial charge in [0.1, 0.15) is 12.4 Å². The summed E-state index contributed by atoms with van der Waals surface area (Å²) in [5, 5.41) is 9.65. The lowest BCUT2D eigenvalue weighted by Crippen LogP contribution is -2.00. The predicted octanol–water partition coefficient (Wildman–Crippen LogP) is 4.75. The Morgan fingerprint density at radius 1 is 1.47 bits per heavy atom. The van der Waals surface area contributed by atoms with Gasteiger partial charge in [0.15, 0.2) is 4.88 Å². The second-order valence-electron chi connectivity index (χ2n) is 3.88. The van der Waals surface area contributed by atoms with E-state index in [2.05, 4.69) is 15.9 Å². The topological polar surface area (TPSA) is 46.5 Å². The van der Waals surface area contributed by atoms with Crippen LogP contribution >= 0.6 is 38.9 Å². The van der Waals surface area contributed by atoms with Crippen LogP contribution in [-0.2, 0) is 6.61 Å². The number of carboxylic acids is 1. The van der Waals surface area contributed by atoms with Crippen molar-refractivity contribution in [2.24, 2.45) is 0 Å². The van der Waals surface area contributed by atoms with Crippen molar-refractivity contribution in [3.63, 3.8) is 0 Å². The third-order valence-electron chi connectivity index (χ3n) is 2.41. The van der Waals surface area contributed by atoms with Crippen molar-refractivity contribution in [2.45, 2.75) is 13.5 Å². The number of carboxylic acid groups (broad SMARTS) is 1. The van der Waals surface area contributed by atoms with E-state index in [-0.39, 0.29) is 11.5 Å². The first-order chi connectivity index (χ1) is 8.97. The monoisotopic (exact) mass is 360 g/mol. The minimum absolute atomic E-state index is 0.214. The Bertz CT molecular complexity index is 624. The molecule has 0 fully saturated rings. The molecule has 0 aliphatic rings. The number of thiophene rings is 1. The maximum atomic E-state index is 11.1. The second-order valence-corrected chi connectivity index (χ2v) is 6.46. The summed E-state index contributed by atoms with van der Waals surface area (Å²) in [6, 6.07) is 7.20. The van der Waals surface area contributed by atoms with Crippen molar-refractivity contribution >= 4 is 44.8 Å². The normalized spacial score (nSPS) is 10.5. The Hall–Kier alpha value is -1.04. The lowest BCUT2D eigenvalue weighted by Gasteiger charge is -2.07. The fraction of sp³-hybridized carbons (Fsp3) is 0.154. The third-order valence-corrected chi connectivity index (χ3v) is 4.28. The fourth-order valence-electron chi connectivity index (χ4n) is 1.54. The van der Waals surface area contributed by atoms with Crippen molar-refractivity contribution in [1.82, 2.24) is 0 Å². The van der Waals surface area contributed by atoms with Crippen LogP contribution in [0, 0.1) is 6.92 Å². The lowest BCUT2D eigenvalue weighted by molar-refractivity contribution is 0.0697. The first-order valence-electron chi connectivity index (χ1n) is 5.38. The minimum Gasteiger partial charge on any atom is -0.487 e. The van der Waals surface area contributed by atoms with Gasteiger partial charge in [0.25, 0.3) is 0 Å². The molecule has 0 unspecified atom stereocenters. The molecule has 0 bridgehead atoms. The standard InChI is InChI=1S/C13H10BrClO3S/c1-7-4-11(12(19-7)13(16)17)18-6-8-2-3-9(14)5-10(8)15/h2-5H,6H2,1H3,(H,16,17). The Balaban J connectivity index is 2.16. The Morgan fingerprint density at radius 2 is 2.21 bits per heavy atom. The van der Waals surface area contributed by atoms with Crippen molar-refractivity contribution in [1.29, 1.82) is 0 Å². The summed E-state index contributed by atoms with van der Waals surface area (Å²) in [6.07, 6.45) is 0. The molecular formula is C13H10BrClO3S. The molecule has 3 nitrogen and oxygen atoms in total. The van der Waals surface area contributed by atoms with Gasteiger partial charge in [-0.15, -0.1) is 11.3 Å². The number of aromatic carboxylic acids is 1. The zero-order chi connectivity index (χ0) is 14.0. The van der Waals surface area contributed by atoms with E-state index in [1.807, 2.05) is 19.1 Å². The summed E-state index contributed by atoms with van der Waals surface area (Å²) in [7, 11) is 0. The largest absolute Gasteiger partial charge is 0.487 e. The molecule has 0 saturated carbocycles. The first kappa shape index (κ1) is 14.4. The van der Waals surface area contributed by atoms with Crippen LogP contribution in [0.3, 0.4) is 0 Å². The van der Waals surface area contributed by atoms with Crippen molar-refractivity contribution in [3.05, 3.63) is 49.1 Å². The highest BCUT2D eigenvalue weighted by molar-refractivity contribution is 9.10. The molecule has 0 atom stereocenters. The maximum Gasteiger partial charge on any atom is 0.349 e. The molecule has 0 radical (unpaired) electrons. The summed E-state index contributed by atoms with van der Waals surface area (Å²) in [4.78, 5) is 12.2. The Kier molecular flexibility index (Phi) is 4.50. The number of benzene rings is 1. The van der Waals surface area contributed by atoms with Crippen molar-refractivity contribution < 1.29 is 14.6 Å². The van der Waals surface area contributed by atoms with E-state index in [0.29, 0.717) is 10.8 Å². The van der Waals surface area contributed by atoms with Gasteiger partial charge in [-0.1, -0.05) is 33.6 Å². The number of rotatable bonds is 4. The molecule has 0 amide bonds. The average Bonchev–Trinajstić information content (AvgIpc) is 2.69. The van der Waals surface area contributed by atoms with Crippen molar-refractivity contribution in [3.8, 4) is 5.75 Å². The first-order valence-corrected chi connectivity index (χ1v) is 7.36. The van der Waals surface area contributed by atoms with Crippen molar-refractivity contribution in [2.75, 3.05) is 0 Å². The summed E-state index contributed by atoms with van der Waals surface area (Å²) in [5.41, 5.74) is 0.810. The Morgan fingerprint density at radius 3 is 2.84 bits per heavy atom. The SMILES string of the molecule is Cc1cc(OCc2ccc(Br)cc2Cl)c(C(=O)O)s1. The summed E-state index contributed by atoms with van der Waals surface area (Å²) >= 11 is 10.6. The van der Waals surface area contributed by atoms with E-state index < -0.39 is 5.97 Å². The zero-order valence-corrected chi connectivity index (χ0v) is 13.1. The number of hydrogen-bond donors (Lipinski definition) is 1. The van der Waals surface area contributed by atoms with Crippen LogP contribution in [0.4, 0.5) is 0 Å². The molecule has 2 rings (SSSR count). The van der Waals surface area contributed by atoms with Crippen LogP contribution in [0.2, 0.25) is 5.02 Å². The number of halogens is 2. The van der Waals surface area contributed by atoms with E-state index in [1.54, 1.807) is 12.1 Å². The number of ether oxygens (including phenoxy) is 1. The van der Waals surface area contributed by atoms with Gasteiger partial charge in [-0.05, 0) is 25.1 Å². The minimum atomic E-state index is -0.977. The highest BCUT2D eigenvalue weighted by Gasteiger charge is 2.15. The molecule has 6 heteroatoms. The van der Waals surface area contributed by atoms with Crippen LogP contribution in [-0.4, -0.2) is 11.1 Å². The quantitative estimate of drug-likeness (QED) is 0.855. The lowest BCUT2D eigenvalue weighted by atomic mass is 10.2. The molecule has 0 saturated heterocycles. The molecular weight excluding hydrogens is 352 g/mol. The predicted molar refractivity (Wildman–Crippen MR) is 79.5 cm³/mol. The average molecular weight is 362 g/mol. The molecule has 1 aromatic carbocycles. The van der Waals surface area contributed by atoms with Gasteiger partial charge in [0.05, 0.1) is 0 Å². The van der Waals surface area contributed by atoms with Crippen LogP contribution in [0.1, 0.15) is 20.1 Å². The van der Waals surface area contributed by atoms with Gasteiger partial charge in [0, 0.05) is 19.9 Å². The number of carbonyl (C=O) groups is 1. The van der Waals surface area contributed by atoms with E-state index in [0.717, 1.165) is 14.9 Å². The van der Waals surface area contributed by atoms with E-state index in [4.69, 9.17) is 21.4 Å². The number of hydrogen-bond acceptors (Lipinski definition) is 3. The number of aryl methyl sites for hydroxylation is 1. The molecule has 2 aromatic rings. The van der Waals surface area contributed by atoms with E-state index in [9.17, 15) is 4.79 Å². The molecule has 0 spiro atoms. The van der Waals surface area contributed by atoms with Gasteiger partial charge in [0.2, 0.25) is 0 Å².